The molecule has 1 heterocycles. The van der Waals surface area contributed by atoms with Gasteiger partial charge >= 0.3 is 0 Å². The highest BCUT2D eigenvalue weighted by atomic mass is 19.1. The molecule has 0 N–H and O–H groups in total. The minimum Gasteiger partial charge on any atom is -0.462 e. The molecule has 3 nitrogen and oxygen atoms in total. The van der Waals surface area contributed by atoms with E-state index in [1.54, 1.807) is 24.3 Å². The Hall–Kier alpha value is -6.46. The van der Waals surface area contributed by atoms with Gasteiger partial charge in [-0.15, -0.1) is 0 Å². The molecule has 3 aliphatic rings. The molecule has 7 aromatic carbocycles. The van der Waals surface area contributed by atoms with Gasteiger partial charge in [-0.05, 0) is 161 Å². The van der Waals surface area contributed by atoms with Gasteiger partial charge in [0.05, 0.1) is 5.69 Å². The molecule has 0 aliphatic heterocycles. The monoisotopic (exact) mass is 818 g/mol. The van der Waals surface area contributed by atoms with E-state index in [2.05, 4.69) is 106 Å². The Morgan fingerprint density at radius 3 is 1.47 bits per heavy atom. The van der Waals surface area contributed by atoms with E-state index < -0.39 is 0 Å². The third-order valence-electron chi connectivity index (χ3n) is 13.9. The Morgan fingerprint density at radius 1 is 0.516 bits per heavy atom. The van der Waals surface area contributed by atoms with E-state index in [1.807, 2.05) is 66.9 Å². The van der Waals surface area contributed by atoms with Gasteiger partial charge in [0.15, 0.2) is 0 Å². The molecule has 3 aliphatic carbocycles. The van der Waals surface area contributed by atoms with Crippen LogP contribution in [0.4, 0.5) is 42.9 Å². The Morgan fingerprint density at radius 2 is 0.968 bits per heavy atom. The fraction of sp³-hybridized carbons (Fsp3) is 0.228. The van der Waals surface area contributed by atoms with E-state index in [1.165, 1.54) is 54.5 Å². The SMILES string of the molecule is Cc1cc(N(c2ccc(-c3ccccc3F)cc2)c2ccc(-c3ccccc3F)cc2)cc(N(c2ccc(C(C)(C)C)cc2)c2coc3cc4c(cc23)C2(C)CCC4(C)CC2)c1. The second-order valence-electron chi connectivity index (χ2n) is 19.2. The number of anilines is 6. The average molecular weight is 819 g/mol. The number of halogens is 2. The summed E-state index contributed by atoms with van der Waals surface area (Å²) in [5.41, 5.74) is 14.9. The lowest BCUT2D eigenvalue weighted by Crippen LogP contribution is -2.44. The van der Waals surface area contributed by atoms with Crippen molar-refractivity contribution in [1.29, 1.82) is 0 Å². The van der Waals surface area contributed by atoms with Crippen molar-refractivity contribution in [3.05, 3.63) is 192 Å². The first-order valence-electron chi connectivity index (χ1n) is 21.9. The summed E-state index contributed by atoms with van der Waals surface area (Å²) in [7, 11) is 0. The molecule has 2 bridgehead atoms. The number of hydrogen-bond donors (Lipinski definition) is 0. The first kappa shape index (κ1) is 39.7. The summed E-state index contributed by atoms with van der Waals surface area (Å²) in [5.74, 6) is -0.522. The van der Waals surface area contributed by atoms with Gasteiger partial charge in [0, 0.05) is 45.0 Å². The van der Waals surface area contributed by atoms with E-state index >= 15 is 0 Å². The minimum absolute atomic E-state index is 0.00368. The van der Waals surface area contributed by atoms with Gasteiger partial charge in [-0.2, -0.15) is 0 Å². The third-order valence-corrected chi connectivity index (χ3v) is 13.9. The van der Waals surface area contributed by atoms with Crippen LogP contribution in [0.2, 0.25) is 0 Å². The fourth-order valence-corrected chi connectivity index (χ4v) is 10.1. The molecule has 0 amide bonds. The smallest absolute Gasteiger partial charge is 0.136 e. The van der Waals surface area contributed by atoms with Crippen LogP contribution in [0.25, 0.3) is 33.2 Å². The molecule has 8 aromatic rings. The van der Waals surface area contributed by atoms with Crippen molar-refractivity contribution in [1.82, 2.24) is 0 Å². The second-order valence-corrected chi connectivity index (χ2v) is 19.2. The maximum atomic E-state index is 15.0. The minimum atomic E-state index is -0.261. The largest absolute Gasteiger partial charge is 0.462 e. The molecule has 310 valence electrons. The first-order chi connectivity index (χ1) is 29.8. The van der Waals surface area contributed by atoms with Crippen LogP contribution in [0, 0.1) is 18.6 Å². The van der Waals surface area contributed by atoms with Crippen LogP contribution in [0.5, 0.6) is 0 Å². The quantitative estimate of drug-likeness (QED) is 0.152. The van der Waals surface area contributed by atoms with Gasteiger partial charge in [-0.1, -0.05) is 107 Å². The number of aryl methyl sites for hydroxylation is 1. The highest BCUT2D eigenvalue weighted by Crippen LogP contribution is 2.58. The molecule has 0 saturated heterocycles. The van der Waals surface area contributed by atoms with E-state index in [4.69, 9.17) is 4.42 Å². The Labute approximate surface area is 364 Å². The van der Waals surface area contributed by atoms with E-state index in [0.29, 0.717) is 11.1 Å². The van der Waals surface area contributed by atoms with E-state index in [9.17, 15) is 8.78 Å². The fourth-order valence-electron chi connectivity index (χ4n) is 10.1. The zero-order chi connectivity index (χ0) is 43.0. The summed E-state index contributed by atoms with van der Waals surface area (Å²) >= 11 is 0. The van der Waals surface area contributed by atoms with Crippen molar-refractivity contribution in [3.63, 3.8) is 0 Å². The molecule has 0 atom stereocenters. The lowest BCUT2D eigenvalue weighted by molar-refractivity contribution is 0.188. The molecular formula is C57H52F2N2O. The molecule has 5 heteroatoms. The molecule has 0 spiro atoms. The highest BCUT2D eigenvalue weighted by molar-refractivity contribution is 5.98. The van der Waals surface area contributed by atoms with Crippen LogP contribution in [-0.4, -0.2) is 0 Å². The van der Waals surface area contributed by atoms with Crippen molar-refractivity contribution in [2.24, 2.45) is 0 Å². The van der Waals surface area contributed by atoms with Crippen LogP contribution < -0.4 is 9.80 Å². The summed E-state index contributed by atoms with van der Waals surface area (Å²) in [5, 5.41) is 1.11. The zero-order valence-corrected chi connectivity index (χ0v) is 36.4. The molecule has 0 unspecified atom stereocenters. The van der Waals surface area contributed by atoms with Gasteiger partial charge in [0.25, 0.3) is 0 Å². The van der Waals surface area contributed by atoms with Crippen molar-refractivity contribution >= 4 is 45.1 Å². The summed E-state index contributed by atoms with van der Waals surface area (Å²) in [6.45, 7) is 13.8. The summed E-state index contributed by atoms with van der Waals surface area (Å²) < 4.78 is 36.5. The number of rotatable bonds is 8. The van der Waals surface area contributed by atoms with Crippen molar-refractivity contribution in [3.8, 4) is 22.3 Å². The van der Waals surface area contributed by atoms with Crippen LogP contribution in [-0.2, 0) is 16.2 Å². The van der Waals surface area contributed by atoms with Crippen molar-refractivity contribution in [2.75, 3.05) is 9.80 Å². The number of furan rings is 1. The highest BCUT2D eigenvalue weighted by Gasteiger charge is 2.48. The van der Waals surface area contributed by atoms with Gasteiger partial charge in [0.2, 0.25) is 0 Å². The van der Waals surface area contributed by atoms with Crippen LogP contribution in [0.1, 0.15) is 82.6 Å². The van der Waals surface area contributed by atoms with Crippen LogP contribution in [0.15, 0.2) is 162 Å². The average Bonchev–Trinajstić information content (AvgIpc) is 3.67. The standard InChI is InChI=1S/C57H52F2N2O/c1-37-31-44(60(41-21-15-38(16-22-41)46-11-7-9-13-51(46)58)42-23-17-39(18-24-42)47-12-8-10-14-52(47)59)33-45(32-37)61(43-25-19-40(20-26-43)55(2,3)4)53-36-62-54-35-50-49(34-48(53)54)56(5)27-29-57(50,6)30-28-56/h7-26,31-36H,27-30H2,1-6H3. The maximum absolute atomic E-state index is 15.0. The van der Waals surface area contributed by atoms with Crippen LogP contribution >= 0.6 is 0 Å². The Bertz CT molecular complexity index is 2860. The topological polar surface area (TPSA) is 19.6 Å². The summed E-state index contributed by atoms with van der Waals surface area (Å²) in [4.78, 5) is 4.56. The Kier molecular flexibility index (Phi) is 9.51. The van der Waals surface area contributed by atoms with Crippen LogP contribution in [0.3, 0.4) is 0 Å². The number of nitrogens with zero attached hydrogens (tertiary/aromatic N) is 2. The van der Waals surface area contributed by atoms with E-state index in [0.717, 1.165) is 61.8 Å². The van der Waals surface area contributed by atoms with Gasteiger partial charge in [-0.25, -0.2) is 8.78 Å². The number of hydrogen-bond acceptors (Lipinski definition) is 3. The Balaban J connectivity index is 1.14. The first-order valence-corrected chi connectivity index (χ1v) is 21.9. The molecule has 0 radical (unpaired) electrons. The van der Waals surface area contributed by atoms with Gasteiger partial charge < -0.3 is 14.2 Å². The predicted molar refractivity (Wildman–Crippen MR) is 253 cm³/mol. The zero-order valence-electron chi connectivity index (χ0n) is 36.4. The lowest BCUT2D eigenvalue weighted by atomic mass is 9.52. The van der Waals surface area contributed by atoms with Gasteiger partial charge in [-0.3, -0.25) is 0 Å². The third kappa shape index (κ3) is 6.88. The van der Waals surface area contributed by atoms with Crippen molar-refractivity contribution in [2.45, 2.75) is 83.5 Å². The molecule has 62 heavy (non-hydrogen) atoms. The molecule has 1 aromatic heterocycles. The second kappa shape index (κ2) is 14.9. The molecule has 11 rings (SSSR count). The molecule has 1 fully saturated rings. The predicted octanol–water partition coefficient (Wildman–Crippen LogP) is 16.7. The molecular weight excluding hydrogens is 767 g/mol. The normalized spacial score (nSPS) is 18.2. The molecule has 1 saturated carbocycles. The number of benzene rings is 7. The summed E-state index contributed by atoms with van der Waals surface area (Å²) in [6, 6.07) is 50.2. The van der Waals surface area contributed by atoms with Crippen molar-refractivity contribution < 1.29 is 13.2 Å². The van der Waals surface area contributed by atoms with Gasteiger partial charge in [0.1, 0.15) is 23.5 Å². The maximum Gasteiger partial charge on any atom is 0.136 e. The summed E-state index contributed by atoms with van der Waals surface area (Å²) in [6.07, 6.45) is 6.76. The number of fused-ring (bicyclic) bond motifs is 3. The lowest BCUT2D eigenvalue weighted by Gasteiger charge is -2.52. The van der Waals surface area contributed by atoms with E-state index in [-0.39, 0.29) is 27.9 Å².